The zero-order valence-corrected chi connectivity index (χ0v) is 12.4. The molecule has 1 heterocycles. The van der Waals surface area contributed by atoms with E-state index < -0.39 is 5.97 Å². The third kappa shape index (κ3) is 2.58. The van der Waals surface area contributed by atoms with Crippen LogP contribution in [0.25, 0.3) is 0 Å². The zero-order chi connectivity index (χ0) is 14.4. The summed E-state index contributed by atoms with van der Waals surface area (Å²) in [5.74, 6) is -0.943. The highest BCUT2D eigenvalue weighted by Crippen LogP contribution is 2.45. The molecule has 0 spiro atoms. The Balaban J connectivity index is 2.14. The molecule has 2 rings (SSSR count). The lowest BCUT2D eigenvalue weighted by molar-refractivity contribution is -0.140. The van der Waals surface area contributed by atoms with Gasteiger partial charge in [-0.05, 0) is 47.5 Å². The fourth-order valence-electron chi connectivity index (χ4n) is 2.71. The lowest BCUT2D eigenvalue weighted by Crippen LogP contribution is -2.41. The molecule has 0 amide bonds. The molecular formula is C14H23BO4. The van der Waals surface area contributed by atoms with E-state index in [4.69, 9.17) is 14.4 Å². The number of hydrogen-bond donors (Lipinski definition) is 1. The van der Waals surface area contributed by atoms with Gasteiger partial charge in [0.05, 0.1) is 17.1 Å². The highest BCUT2D eigenvalue weighted by Gasteiger charge is 2.54. The molecule has 1 aliphatic carbocycles. The van der Waals surface area contributed by atoms with Crippen LogP contribution in [0, 0.1) is 5.92 Å². The molecule has 0 aromatic rings. The maximum Gasteiger partial charge on any atom is 0.465 e. The SMILES string of the molecule is CC1=CC(C(=O)O)CCC1B1OC(C)(C)C(C)(C)O1. The second kappa shape index (κ2) is 4.63. The van der Waals surface area contributed by atoms with Crippen LogP contribution in [-0.4, -0.2) is 29.4 Å². The van der Waals surface area contributed by atoms with E-state index in [9.17, 15) is 4.79 Å². The molecule has 0 bridgehead atoms. The van der Waals surface area contributed by atoms with Crippen molar-refractivity contribution in [3.63, 3.8) is 0 Å². The normalized spacial score (nSPS) is 33.1. The Kier molecular flexibility index (Phi) is 3.56. The Morgan fingerprint density at radius 3 is 2.21 bits per heavy atom. The first-order valence-electron chi connectivity index (χ1n) is 6.91. The summed E-state index contributed by atoms with van der Waals surface area (Å²) in [5.41, 5.74) is 0.403. The van der Waals surface area contributed by atoms with Gasteiger partial charge in [0.25, 0.3) is 0 Å². The van der Waals surface area contributed by atoms with Crippen molar-refractivity contribution in [3.8, 4) is 0 Å². The summed E-state index contributed by atoms with van der Waals surface area (Å²) in [4.78, 5) is 11.0. The number of aliphatic carboxylic acids is 1. The minimum Gasteiger partial charge on any atom is -0.481 e. The maximum atomic E-state index is 11.0. The molecular weight excluding hydrogens is 243 g/mol. The van der Waals surface area contributed by atoms with Gasteiger partial charge in [-0.2, -0.15) is 0 Å². The van der Waals surface area contributed by atoms with Crippen molar-refractivity contribution in [3.05, 3.63) is 11.6 Å². The van der Waals surface area contributed by atoms with Crippen LogP contribution in [0.1, 0.15) is 47.5 Å². The Morgan fingerprint density at radius 1 is 1.26 bits per heavy atom. The standard InChI is InChI=1S/C14H23BO4/c1-9-8-10(12(16)17)6-7-11(9)15-18-13(2,3)14(4,5)19-15/h8,10-11H,6-7H2,1-5H3,(H,16,17). The highest BCUT2D eigenvalue weighted by atomic mass is 16.7. The van der Waals surface area contributed by atoms with E-state index in [-0.39, 0.29) is 30.1 Å². The molecule has 106 valence electrons. The van der Waals surface area contributed by atoms with Crippen LogP contribution >= 0.6 is 0 Å². The van der Waals surface area contributed by atoms with Crippen LogP contribution in [0.4, 0.5) is 0 Å². The van der Waals surface area contributed by atoms with Crippen LogP contribution in [0.2, 0.25) is 5.82 Å². The molecule has 1 N–H and O–H groups in total. The minimum atomic E-state index is -0.744. The number of rotatable bonds is 2. The van der Waals surface area contributed by atoms with Crippen molar-refractivity contribution < 1.29 is 19.2 Å². The van der Waals surface area contributed by atoms with E-state index in [0.717, 1.165) is 12.0 Å². The predicted octanol–water partition coefficient (Wildman–Crippen LogP) is 2.89. The molecule has 0 aromatic heterocycles. The first-order chi connectivity index (χ1) is 8.64. The first kappa shape index (κ1) is 14.6. The molecule has 0 radical (unpaired) electrons. The summed E-state index contributed by atoms with van der Waals surface area (Å²) < 4.78 is 12.1. The van der Waals surface area contributed by atoms with Gasteiger partial charge in [0.15, 0.2) is 0 Å². The Bertz CT molecular complexity index is 398. The van der Waals surface area contributed by atoms with Gasteiger partial charge in [-0.25, -0.2) is 0 Å². The van der Waals surface area contributed by atoms with E-state index in [1.165, 1.54) is 0 Å². The Hall–Kier alpha value is -0.805. The second-order valence-corrected chi connectivity index (χ2v) is 6.66. The number of hydrogen-bond acceptors (Lipinski definition) is 3. The van der Waals surface area contributed by atoms with E-state index in [0.29, 0.717) is 6.42 Å². The highest BCUT2D eigenvalue weighted by molar-refractivity contribution is 6.48. The molecule has 0 saturated carbocycles. The maximum absolute atomic E-state index is 11.0. The second-order valence-electron chi connectivity index (χ2n) is 6.66. The van der Waals surface area contributed by atoms with Gasteiger partial charge in [-0.15, -0.1) is 0 Å². The van der Waals surface area contributed by atoms with Crippen molar-refractivity contribution >= 4 is 13.1 Å². The predicted molar refractivity (Wildman–Crippen MR) is 73.9 cm³/mol. The average molecular weight is 266 g/mol. The van der Waals surface area contributed by atoms with Gasteiger partial charge in [0.2, 0.25) is 0 Å². The molecule has 19 heavy (non-hydrogen) atoms. The monoisotopic (exact) mass is 266 g/mol. The lowest BCUT2D eigenvalue weighted by Gasteiger charge is -2.32. The summed E-state index contributed by atoms with van der Waals surface area (Å²) >= 11 is 0. The van der Waals surface area contributed by atoms with Crippen LogP contribution in [-0.2, 0) is 14.1 Å². The van der Waals surface area contributed by atoms with Gasteiger partial charge in [-0.1, -0.05) is 11.6 Å². The Labute approximate surface area is 115 Å². The summed E-state index contributed by atoms with van der Waals surface area (Å²) in [6.45, 7) is 10.1. The number of carboxylic acids is 1. The van der Waals surface area contributed by atoms with Gasteiger partial charge >= 0.3 is 13.1 Å². The van der Waals surface area contributed by atoms with E-state index in [2.05, 4.69) is 0 Å². The molecule has 1 aliphatic heterocycles. The number of allylic oxidation sites excluding steroid dienone is 1. The van der Waals surface area contributed by atoms with E-state index in [1.807, 2.05) is 40.7 Å². The van der Waals surface area contributed by atoms with Gasteiger partial charge in [0.1, 0.15) is 0 Å². The van der Waals surface area contributed by atoms with Crippen molar-refractivity contribution in [1.82, 2.24) is 0 Å². The summed E-state index contributed by atoms with van der Waals surface area (Å²) in [6.07, 6.45) is 3.30. The molecule has 5 heteroatoms. The zero-order valence-electron chi connectivity index (χ0n) is 12.4. The van der Waals surface area contributed by atoms with Gasteiger partial charge < -0.3 is 14.4 Å². The number of carboxylic acid groups (broad SMARTS) is 1. The molecule has 4 nitrogen and oxygen atoms in total. The molecule has 2 atom stereocenters. The first-order valence-corrected chi connectivity index (χ1v) is 6.91. The van der Waals surface area contributed by atoms with Crippen molar-refractivity contribution in [2.75, 3.05) is 0 Å². The average Bonchev–Trinajstić information content (AvgIpc) is 2.47. The fourth-order valence-corrected chi connectivity index (χ4v) is 2.71. The fraction of sp³-hybridized carbons (Fsp3) is 0.786. The minimum absolute atomic E-state index is 0.164. The van der Waals surface area contributed by atoms with Gasteiger partial charge in [0, 0.05) is 5.82 Å². The molecule has 2 aliphatic rings. The Morgan fingerprint density at radius 2 is 1.79 bits per heavy atom. The smallest absolute Gasteiger partial charge is 0.465 e. The van der Waals surface area contributed by atoms with Crippen LogP contribution < -0.4 is 0 Å². The van der Waals surface area contributed by atoms with Crippen molar-refractivity contribution in [2.24, 2.45) is 5.92 Å². The topological polar surface area (TPSA) is 55.8 Å². The third-order valence-electron chi connectivity index (χ3n) is 4.75. The summed E-state index contributed by atoms with van der Waals surface area (Å²) in [6, 6.07) is 0. The van der Waals surface area contributed by atoms with Crippen molar-refractivity contribution in [2.45, 2.75) is 64.5 Å². The largest absolute Gasteiger partial charge is 0.481 e. The lowest BCUT2D eigenvalue weighted by atomic mass is 9.62. The van der Waals surface area contributed by atoms with Gasteiger partial charge in [-0.3, -0.25) is 4.79 Å². The van der Waals surface area contributed by atoms with Crippen molar-refractivity contribution in [1.29, 1.82) is 0 Å². The number of carbonyl (C=O) groups is 1. The third-order valence-corrected chi connectivity index (χ3v) is 4.75. The molecule has 1 saturated heterocycles. The quantitative estimate of drug-likeness (QED) is 0.616. The van der Waals surface area contributed by atoms with E-state index in [1.54, 1.807) is 0 Å². The van der Waals surface area contributed by atoms with Crippen LogP contribution in [0.3, 0.4) is 0 Å². The van der Waals surface area contributed by atoms with E-state index >= 15 is 0 Å². The molecule has 1 fully saturated rings. The molecule has 2 unspecified atom stereocenters. The summed E-state index contributed by atoms with van der Waals surface area (Å²) in [5, 5.41) is 9.07. The van der Waals surface area contributed by atoms with Crippen LogP contribution in [0.5, 0.6) is 0 Å². The summed E-state index contributed by atoms with van der Waals surface area (Å²) in [7, 11) is -0.268. The van der Waals surface area contributed by atoms with Crippen LogP contribution in [0.15, 0.2) is 11.6 Å². The molecule has 0 aromatic carbocycles.